The number of amides is 2. The summed E-state index contributed by atoms with van der Waals surface area (Å²) in [6.45, 7) is 3.18. The van der Waals surface area contributed by atoms with Gasteiger partial charge >= 0.3 is 11.8 Å². The first-order valence-corrected chi connectivity index (χ1v) is 6.83. The Balaban J connectivity index is 1.83. The number of likely N-dealkylation sites (N-methyl/N-ethyl adjacent to an activating group) is 1. The fourth-order valence-corrected chi connectivity index (χ4v) is 2.10. The number of rotatable bonds is 3. The molecule has 0 radical (unpaired) electrons. The largest absolute Gasteiger partial charge is 0.337 e. The number of nitrogens with zero attached hydrogens (tertiary/aromatic N) is 3. The van der Waals surface area contributed by atoms with Gasteiger partial charge in [0.15, 0.2) is 0 Å². The molecule has 20 heavy (non-hydrogen) atoms. The molecule has 1 saturated heterocycles. The molecule has 0 atom stereocenters. The highest BCUT2D eigenvalue weighted by molar-refractivity contribution is 6.34. The quantitative estimate of drug-likeness (QED) is 0.757. The van der Waals surface area contributed by atoms with Crippen LogP contribution in [0.5, 0.6) is 0 Å². The van der Waals surface area contributed by atoms with Crippen LogP contribution in [0, 0.1) is 0 Å². The van der Waals surface area contributed by atoms with E-state index in [1.54, 1.807) is 18.1 Å². The molecule has 0 bridgehead atoms. The topological polar surface area (TPSA) is 65.5 Å². The van der Waals surface area contributed by atoms with Crippen molar-refractivity contribution in [1.82, 2.24) is 20.1 Å². The molecule has 0 saturated carbocycles. The van der Waals surface area contributed by atoms with Crippen molar-refractivity contribution < 1.29 is 9.59 Å². The molecule has 0 unspecified atom stereocenters. The number of hydrogen-bond acceptors (Lipinski definition) is 4. The van der Waals surface area contributed by atoms with Crippen LogP contribution in [0.3, 0.4) is 0 Å². The molecule has 2 heterocycles. The highest BCUT2D eigenvalue weighted by atomic mass is 16.2. The third-order valence-electron chi connectivity index (χ3n) is 3.36. The highest BCUT2D eigenvalue weighted by Crippen LogP contribution is 2.00. The molecule has 0 aliphatic carbocycles. The van der Waals surface area contributed by atoms with E-state index in [1.165, 1.54) is 4.90 Å². The Morgan fingerprint density at radius 2 is 2.10 bits per heavy atom. The van der Waals surface area contributed by atoms with Crippen molar-refractivity contribution >= 4 is 11.8 Å². The standard InChI is InChI=1S/C14H20N4O2/c1-17(9-5-12-4-2-3-6-16-12)13(19)14(20)18-10-7-15-8-11-18/h2-4,6,15H,5,7-11H2,1H3. The molecule has 6 heteroatoms. The Hall–Kier alpha value is -1.95. The maximum Gasteiger partial charge on any atom is 0.312 e. The van der Waals surface area contributed by atoms with Gasteiger partial charge in [-0.05, 0) is 12.1 Å². The second kappa shape index (κ2) is 7.00. The van der Waals surface area contributed by atoms with Crippen molar-refractivity contribution in [2.24, 2.45) is 0 Å². The number of carbonyl (C=O) groups is 2. The van der Waals surface area contributed by atoms with Crippen LogP contribution in [-0.2, 0) is 16.0 Å². The second-order valence-electron chi connectivity index (χ2n) is 4.84. The molecule has 2 rings (SSSR count). The fraction of sp³-hybridized carbons (Fsp3) is 0.500. The van der Waals surface area contributed by atoms with Crippen LogP contribution >= 0.6 is 0 Å². The van der Waals surface area contributed by atoms with Crippen LogP contribution < -0.4 is 5.32 Å². The van der Waals surface area contributed by atoms with Crippen LogP contribution in [-0.4, -0.2) is 66.4 Å². The van der Waals surface area contributed by atoms with Gasteiger partial charge in [0.05, 0.1) is 0 Å². The van der Waals surface area contributed by atoms with Crippen molar-refractivity contribution in [3.05, 3.63) is 30.1 Å². The van der Waals surface area contributed by atoms with E-state index in [9.17, 15) is 9.59 Å². The van der Waals surface area contributed by atoms with Gasteiger partial charge in [-0.1, -0.05) is 6.07 Å². The molecule has 6 nitrogen and oxygen atoms in total. The summed E-state index contributed by atoms with van der Waals surface area (Å²) in [4.78, 5) is 31.4. The summed E-state index contributed by atoms with van der Waals surface area (Å²) >= 11 is 0. The van der Waals surface area contributed by atoms with Crippen molar-refractivity contribution in [1.29, 1.82) is 0 Å². The van der Waals surface area contributed by atoms with Crippen LogP contribution in [0.15, 0.2) is 24.4 Å². The highest BCUT2D eigenvalue weighted by Gasteiger charge is 2.25. The van der Waals surface area contributed by atoms with E-state index in [0.717, 1.165) is 18.8 Å². The zero-order chi connectivity index (χ0) is 14.4. The molecule has 1 N–H and O–H groups in total. The number of aromatic nitrogens is 1. The molecule has 108 valence electrons. The first kappa shape index (κ1) is 14.5. The van der Waals surface area contributed by atoms with Gasteiger partial charge in [-0.15, -0.1) is 0 Å². The van der Waals surface area contributed by atoms with E-state index in [1.807, 2.05) is 18.2 Å². The van der Waals surface area contributed by atoms with Crippen molar-refractivity contribution in [3.8, 4) is 0 Å². The molecule has 1 aliphatic rings. The smallest absolute Gasteiger partial charge is 0.312 e. The van der Waals surface area contributed by atoms with Gasteiger partial charge < -0.3 is 15.1 Å². The predicted molar refractivity (Wildman–Crippen MR) is 75.0 cm³/mol. The summed E-state index contributed by atoms with van der Waals surface area (Å²) < 4.78 is 0. The molecule has 1 fully saturated rings. The van der Waals surface area contributed by atoms with Gasteiger partial charge in [-0.25, -0.2) is 0 Å². The minimum Gasteiger partial charge on any atom is -0.337 e. The van der Waals surface area contributed by atoms with E-state index in [2.05, 4.69) is 10.3 Å². The van der Waals surface area contributed by atoms with E-state index in [-0.39, 0.29) is 0 Å². The summed E-state index contributed by atoms with van der Waals surface area (Å²) in [7, 11) is 1.66. The SMILES string of the molecule is CN(CCc1ccccn1)C(=O)C(=O)N1CCNCC1. The van der Waals surface area contributed by atoms with E-state index in [4.69, 9.17) is 0 Å². The molecule has 1 aliphatic heterocycles. The minimum atomic E-state index is -0.442. The second-order valence-corrected chi connectivity index (χ2v) is 4.84. The summed E-state index contributed by atoms with van der Waals surface area (Å²) in [5.41, 5.74) is 0.918. The van der Waals surface area contributed by atoms with Gasteiger partial charge in [0.2, 0.25) is 0 Å². The van der Waals surface area contributed by atoms with E-state index >= 15 is 0 Å². The lowest BCUT2D eigenvalue weighted by molar-refractivity contribution is -0.151. The Kier molecular flexibility index (Phi) is 5.06. The number of pyridine rings is 1. The van der Waals surface area contributed by atoms with Crippen molar-refractivity contribution in [2.75, 3.05) is 39.8 Å². The maximum absolute atomic E-state index is 12.1. The third-order valence-corrected chi connectivity index (χ3v) is 3.36. The van der Waals surface area contributed by atoms with Gasteiger partial charge in [-0.2, -0.15) is 0 Å². The molecular weight excluding hydrogens is 256 g/mol. The zero-order valence-electron chi connectivity index (χ0n) is 11.7. The van der Waals surface area contributed by atoms with Crippen LogP contribution in [0.4, 0.5) is 0 Å². The molecule has 0 spiro atoms. The average Bonchev–Trinajstić information content (AvgIpc) is 2.53. The number of carbonyl (C=O) groups excluding carboxylic acids is 2. The summed E-state index contributed by atoms with van der Waals surface area (Å²) in [5, 5.41) is 3.16. The predicted octanol–water partition coefficient (Wildman–Crippen LogP) is -0.486. The van der Waals surface area contributed by atoms with E-state index in [0.29, 0.717) is 26.1 Å². The lowest BCUT2D eigenvalue weighted by Crippen LogP contribution is -2.51. The molecular formula is C14H20N4O2. The average molecular weight is 276 g/mol. The van der Waals surface area contributed by atoms with Gasteiger partial charge in [0.25, 0.3) is 0 Å². The lowest BCUT2D eigenvalue weighted by Gasteiger charge is -2.28. The summed E-state index contributed by atoms with van der Waals surface area (Å²) in [5.74, 6) is -0.849. The first-order valence-electron chi connectivity index (χ1n) is 6.83. The number of hydrogen-bond donors (Lipinski definition) is 1. The normalized spacial score (nSPS) is 14.9. The number of piperazine rings is 1. The van der Waals surface area contributed by atoms with Crippen LogP contribution in [0.1, 0.15) is 5.69 Å². The third kappa shape index (κ3) is 3.77. The van der Waals surface area contributed by atoms with Gasteiger partial charge in [0, 0.05) is 58.1 Å². The summed E-state index contributed by atoms with van der Waals surface area (Å²) in [6, 6.07) is 5.68. The molecule has 2 amide bonds. The van der Waals surface area contributed by atoms with Crippen LogP contribution in [0.2, 0.25) is 0 Å². The fourth-order valence-electron chi connectivity index (χ4n) is 2.10. The summed E-state index contributed by atoms with van der Waals surface area (Å²) in [6.07, 6.45) is 2.38. The zero-order valence-corrected chi connectivity index (χ0v) is 11.7. The Labute approximate surface area is 118 Å². The Morgan fingerprint density at radius 3 is 2.75 bits per heavy atom. The van der Waals surface area contributed by atoms with Crippen LogP contribution in [0.25, 0.3) is 0 Å². The van der Waals surface area contributed by atoms with Crippen molar-refractivity contribution in [3.63, 3.8) is 0 Å². The molecule has 0 aromatic carbocycles. The lowest BCUT2D eigenvalue weighted by atomic mass is 10.2. The van der Waals surface area contributed by atoms with Gasteiger partial charge in [0.1, 0.15) is 0 Å². The van der Waals surface area contributed by atoms with Crippen molar-refractivity contribution in [2.45, 2.75) is 6.42 Å². The number of nitrogens with one attached hydrogen (secondary N) is 1. The first-order chi connectivity index (χ1) is 9.68. The Bertz CT molecular complexity index is 458. The monoisotopic (exact) mass is 276 g/mol. The molecule has 1 aromatic heterocycles. The Morgan fingerprint density at radius 1 is 1.35 bits per heavy atom. The maximum atomic E-state index is 12.1. The van der Waals surface area contributed by atoms with E-state index < -0.39 is 11.8 Å². The minimum absolute atomic E-state index is 0.407. The molecule has 1 aromatic rings. The van der Waals surface area contributed by atoms with Gasteiger partial charge in [-0.3, -0.25) is 14.6 Å².